The summed E-state index contributed by atoms with van der Waals surface area (Å²) in [6.45, 7) is 6.58. The SMILES string of the molecule is O=C(CC1CCCN1)N1CCN(CC(=O)N2CCCCCC2)CC1. The third-order valence-corrected chi connectivity index (χ3v) is 5.63. The van der Waals surface area contributed by atoms with Crippen molar-refractivity contribution in [3.05, 3.63) is 0 Å². The molecule has 1 unspecified atom stereocenters. The third kappa shape index (κ3) is 4.93. The van der Waals surface area contributed by atoms with Crippen molar-refractivity contribution in [2.45, 2.75) is 51.0 Å². The van der Waals surface area contributed by atoms with E-state index in [4.69, 9.17) is 0 Å². The van der Waals surface area contributed by atoms with Gasteiger partial charge in [0.1, 0.15) is 0 Å². The summed E-state index contributed by atoms with van der Waals surface area (Å²) in [6.07, 6.45) is 7.72. The molecule has 24 heavy (non-hydrogen) atoms. The fraction of sp³-hybridized carbons (Fsp3) is 0.889. The summed E-state index contributed by atoms with van der Waals surface area (Å²) < 4.78 is 0. The maximum absolute atomic E-state index is 12.5. The number of rotatable bonds is 4. The Bertz CT molecular complexity index is 421. The molecule has 0 saturated carbocycles. The first-order valence-electron chi connectivity index (χ1n) is 9.73. The highest BCUT2D eigenvalue weighted by Gasteiger charge is 2.26. The van der Waals surface area contributed by atoms with Gasteiger partial charge < -0.3 is 15.1 Å². The Balaban J connectivity index is 1.38. The number of hydrogen-bond acceptors (Lipinski definition) is 4. The quantitative estimate of drug-likeness (QED) is 0.820. The molecule has 0 aliphatic carbocycles. The van der Waals surface area contributed by atoms with Crippen molar-refractivity contribution in [2.24, 2.45) is 0 Å². The standard InChI is InChI=1S/C18H32N4O2/c23-17(14-16-6-5-7-19-16)22-12-10-20(11-13-22)15-18(24)21-8-3-1-2-4-9-21/h16,19H,1-15H2. The number of piperazine rings is 1. The zero-order valence-electron chi connectivity index (χ0n) is 14.8. The van der Waals surface area contributed by atoms with Crippen LogP contribution in [0.4, 0.5) is 0 Å². The summed E-state index contributed by atoms with van der Waals surface area (Å²) in [5.74, 6) is 0.541. The van der Waals surface area contributed by atoms with Crippen molar-refractivity contribution in [1.29, 1.82) is 0 Å². The molecule has 0 aromatic rings. The molecule has 0 aromatic heterocycles. The lowest BCUT2D eigenvalue weighted by Crippen LogP contribution is -2.52. The number of nitrogens with one attached hydrogen (secondary N) is 1. The maximum atomic E-state index is 12.5. The molecule has 3 rings (SSSR count). The summed E-state index contributed by atoms with van der Waals surface area (Å²) in [5, 5.41) is 3.39. The lowest BCUT2D eigenvalue weighted by atomic mass is 10.1. The van der Waals surface area contributed by atoms with Crippen LogP contribution in [0.15, 0.2) is 0 Å². The first kappa shape index (κ1) is 17.7. The molecule has 3 heterocycles. The smallest absolute Gasteiger partial charge is 0.236 e. The second kappa shape index (κ2) is 8.81. The molecular weight excluding hydrogens is 304 g/mol. The topological polar surface area (TPSA) is 55.9 Å². The minimum atomic E-state index is 0.270. The normalized spacial score (nSPS) is 26.4. The molecule has 1 atom stereocenters. The Morgan fingerprint density at radius 1 is 0.792 bits per heavy atom. The minimum absolute atomic E-state index is 0.270. The van der Waals surface area contributed by atoms with Crippen molar-refractivity contribution >= 4 is 11.8 Å². The van der Waals surface area contributed by atoms with E-state index in [1.54, 1.807) is 0 Å². The summed E-state index contributed by atoms with van der Waals surface area (Å²) in [5.41, 5.74) is 0. The Labute approximate surface area is 145 Å². The molecule has 3 fully saturated rings. The van der Waals surface area contributed by atoms with E-state index in [0.29, 0.717) is 19.0 Å². The van der Waals surface area contributed by atoms with Crippen molar-refractivity contribution in [2.75, 3.05) is 52.4 Å². The average Bonchev–Trinajstić information content (AvgIpc) is 2.94. The number of carbonyl (C=O) groups excluding carboxylic acids is 2. The summed E-state index contributed by atoms with van der Waals surface area (Å²) in [6, 6.07) is 0.375. The number of nitrogens with zero attached hydrogens (tertiary/aromatic N) is 3. The molecule has 0 bridgehead atoms. The van der Waals surface area contributed by atoms with E-state index >= 15 is 0 Å². The molecule has 0 spiro atoms. The van der Waals surface area contributed by atoms with Gasteiger partial charge in [-0.25, -0.2) is 0 Å². The van der Waals surface area contributed by atoms with E-state index < -0.39 is 0 Å². The largest absolute Gasteiger partial charge is 0.342 e. The molecule has 6 nitrogen and oxygen atoms in total. The van der Waals surface area contributed by atoms with Crippen LogP contribution in [-0.4, -0.2) is 84.9 Å². The van der Waals surface area contributed by atoms with E-state index in [9.17, 15) is 9.59 Å². The third-order valence-electron chi connectivity index (χ3n) is 5.63. The molecule has 2 amide bonds. The summed E-state index contributed by atoms with van der Waals surface area (Å²) in [7, 11) is 0. The fourth-order valence-electron chi connectivity index (χ4n) is 4.04. The monoisotopic (exact) mass is 336 g/mol. The molecule has 1 N–H and O–H groups in total. The molecule has 0 aromatic carbocycles. The average molecular weight is 336 g/mol. The Morgan fingerprint density at radius 3 is 2.08 bits per heavy atom. The van der Waals surface area contributed by atoms with Gasteiger partial charge in [-0.15, -0.1) is 0 Å². The van der Waals surface area contributed by atoms with Gasteiger partial charge in [0.2, 0.25) is 11.8 Å². The molecule has 3 aliphatic heterocycles. The highest BCUT2D eigenvalue weighted by molar-refractivity contribution is 5.78. The summed E-state index contributed by atoms with van der Waals surface area (Å²) in [4.78, 5) is 31.1. The first-order valence-corrected chi connectivity index (χ1v) is 9.73. The van der Waals surface area contributed by atoms with E-state index in [2.05, 4.69) is 10.2 Å². The van der Waals surface area contributed by atoms with Gasteiger partial charge in [-0.05, 0) is 32.2 Å². The summed E-state index contributed by atoms with van der Waals surface area (Å²) >= 11 is 0. The molecule has 136 valence electrons. The van der Waals surface area contributed by atoms with Crippen molar-refractivity contribution < 1.29 is 9.59 Å². The van der Waals surface area contributed by atoms with Crippen LogP contribution in [0.5, 0.6) is 0 Å². The van der Waals surface area contributed by atoms with Crippen LogP contribution in [0.1, 0.15) is 44.9 Å². The highest BCUT2D eigenvalue weighted by atomic mass is 16.2. The Morgan fingerprint density at radius 2 is 1.46 bits per heavy atom. The molecular formula is C18H32N4O2. The van der Waals surface area contributed by atoms with Crippen LogP contribution in [0.2, 0.25) is 0 Å². The predicted molar refractivity (Wildman–Crippen MR) is 93.7 cm³/mol. The van der Waals surface area contributed by atoms with E-state index in [0.717, 1.165) is 65.1 Å². The van der Waals surface area contributed by atoms with Crippen LogP contribution < -0.4 is 5.32 Å². The van der Waals surface area contributed by atoms with Gasteiger partial charge in [-0.2, -0.15) is 0 Å². The predicted octanol–water partition coefficient (Wildman–Crippen LogP) is 0.675. The molecule has 3 aliphatic rings. The second-order valence-corrected chi connectivity index (χ2v) is 7.45. The Kier molecular flexibility index (Phi) is 6.49. The van der Waals surface area contributed by atoms with E-state index in [1.165, 1.54) is 19.3 Å². The van der Waals surface area contributed by atoms with Crippen LogP contribution in [-0.2, 0) is 9.59 Å². The molecule has 6 heteroatoms. The van der Waals surface area contributed by atoms with Gasteiger partial charge in [0.05, 0.1) is 6.54 Å². The van der Waals surface area contributed by atoms with Crippen LogP contribution in [0.25, 0.3) is 0 Å². The van der Waals surface area contributed by atoms with Crippen molar-refractivity contribution in [1.82, 2.24) is 20.0 Å². The molecule has 0 radical (unpaired) electrons. The number of hydrogen-bond donors (Lipinski definition) is 1. The fourth-order valence-corrected chi connectivity index (χ4v) is 4.04. The van der Waals surface area contributed by atoms with Gasteiger partial charge >= 0.3 is 0 Å². The lowest BCUT2D eigenvalue weighted by molar-refractivity contribution is -0.135. The van der Waals surface area contributed by atoms with Gasteiger partial charge in [0.25, 0.3) is 0 Å². The second-order valence-electron chi connectivity index (χ2n) is 7.45. The first-order chi connectivity index (χ1) is 11.7. The van der Waals surface area contributed by atoms with Gasteiger partial charge in [-0.3, -0.25) is 14.5 Å². The minimum Gasteiger partial charge on any atom is -0.342 e. The van der Waals surface area contributed by atoms with Gasteiger partial charge in [0.15, 0.2) is 0 Å². The molecule has 3 saturated heterocycles. The van der Waals surface area contributed by atoms with Crippen molar-refractivity contribution in [3.8, 4) is 0 Å². The zero-order valence-corrected chi connectivity index (χ0v) is 14.8. The maximum Gasteiger partial charge on any atom is 0.236 e. The van der Waals surface area contributed by atoms with Crippen LogP contribution in [0.3, 0.4) is 0 Å². The zero-order chi connectivity index (χ0) is 16.8. The number of likely N-dealkylation sites (tertiary alicyclic amines) is 1. The lowest BCUT2D eigenvalue weighted by Gasteiger charge is -2.35. The van der Waals surface area contributed by atoms with Crippen LogP contribution >= 0.6 is 0 Å². The van der Waals surface area contributed by atoms with Crippen molar-refractivity contribution in [3.63, 3.8) is 0 Å². The van der Waals surface area contributed by atoms with Crippen LogP contribution in [0, 0.1) is 0 Å². The Hall–Kier alpha value is -1.14. The van der Waals surface area contributed by atoms with Gasteiger partial charge in [-0.1, -0.05) is 12.8 Å². The van der Waals surface area contributed by atoms with E-state index in [1.807, 2.05) is 9.80 Å². The number of amides is 2. The van der Waals surface area contributed by atoms with E-state index in [-0.39, 0.29) is 11.8 Å². The van der Waals surface area contributed by atoms with Gasteiger partial charge in [0, 0.05) is 51.7 Å². The highest BCUT2D eigenvalue weighted by Crippen LogP contribution is 2.13. The number of carbonyl (C=O) groups is 2.